The molecule has 2 aromatic heterocycles. The number of H-pyrrole nitrogens is 1. The first-order chi connectivity index (χ1) is 14.4. The van der Waals surface area contributed by atoms with Crippen LogP contribution in [0.25, 0.3) is 10.6 Å². The first-order valence-corrected chi connectivity index (χ1v) is 9.84. The molecule has 1 N–H and O–H groups in total. The Kier molecular flexibility index (Phi) is 6.73. The molecular weight excluding hydrogens is 414 g/mol. The lowest BCUT2D eigenvalue weighted by atomic mass is 10.1. The van der Waals surface area contributed by atoms with Crippen molar-refractivity contribution >= 4 is 23.2 Å². The molecule has 9 heteroatoms. The number of carbonyl (C=O) groups is 2. The van der Waals surface area contributed by atoms with E-state index >= 15 is 0 Å². The van der Waals surface area contributed by atoms with Crippen LogP contribution in [-0.2, 0) is 16.1 Å². The van der Waals surface area contributed by atoms with Gasteiger partial charge in [0, 0.05) is 13.1 Å². The van der Waals surface area contributed by atoms with Gasteiger partial charge in [-0.3, -0.25) is 14.4 Å². The second-order valence-electron chi connectivity index (χ2n) is 6.39. The van der Waals surface area contributed by atoms with Crippen molar-refractivity contribution in [3.63, 3.8) is 0 Å². The van der Waals surface area contributed by atoms with Crippen molar-refractivity contribution in [3.8, 4) is 10.6 Å². The smallest absolute Gasteiger partial charge is 0.307 e. The van der Waals surface area contributed by atoms with Gasteiger partial charge in [0.05, 0.1) is 24.1 Å². The molecule has 0 fully saturated rings. The molecule has 0 radical (unpaired) electrons. The molecule has 2 heterocycles. The summed E-state index contributed by atoms with van der Waals surface area (Å²) in [5.74, 6) is -3.24. The van der Waals surface area contributed by atoms with Crippen LogP contribution in [0.1, 0.15) is 22.3 Å². The van der Waals surface area contributed by atoms with Gasteiger partial charge in [0.1, 0.15) is 5.56 Å². The fourth-order valence-electron chi connectivity index (χ4n) is 2.83. The van der Waals surface area contributed by atoms with E-state index in [4.69, 9.17) is 0 Å². The van der Waals surface area contributed by atoms with Crippen LogP contribution in [0.5, 0.6) is 0 Å². The average molecular weight is 432 g/mol. The number of rotatable bonds is 7. The van der Waals surface area contributed by atoms with E-state index < -0.39 is 29.1 Å². The summed E-state index contributed by atoms with van der Waals surface area (Å²) in [5, 5.41) is 1.86. The summed E-state index contributed by atoms with van der Waals surface area (Å²) in [7, 11) is 1.22. The highest BCUT2D eigenvalue weighted by Gasteiger charge is 2.21. The Balaban J connectivity index is 1.87. The number of amides is 1. The molecule has 0 spiro atoms. The van der Waals surface area contributed by atoms with Gasteiger partial charge >= 0.3 is 5.97 Å². The van der Waals surface area contributed by atoms with Gasteiger partial charge in [-0.25, -0.2) is 8.78 Å². The average Bonchev–Trinajstić information content (AvgIpc) is 3.27. The summed E-state index contributed by atoms with van der Waals surface area (Å²) in [6.07, 6.45) is -0.114. The van der Waals surface area contributed by atoms with Crippen molar-refractivity contribution in [2.75, 3.05) is 13.7 Å². The maximum atomic E-state index is 13.6. The maximum absolute atomic E-state index is 13.6. The van der Waals surface area contributed by atoms with Crippen LogP contribution in [0.2, 0.25) is 0 Å². The Morgan fingerprint density at radius 3 is 2.57 bits per heavy atom. The first-order valence-electron chi connectivity index (χ1n) is 8.96. The summed E-state index contributed by atoms with van der Waals surface area (Å²) in [6.45, 7) is -0.171. The standard InChI is InChI=1S/C21H18F2N2O4S/c1-29-19(26)8-9-25(12-13-4-6-15(22)16(23)11-13)21(28)14-5-7-17(24-20(14)27)18-3-2-10-30-18/h2-7,10-11H,8-9,12H2,1H3,(H,24,27). The number of hydrogen-bond acceptors (Lipinski definition) is 5. The van der Waals surface area contributed by atoms with Gasteiger partial charge in [-0.05, 0) is 41.3 Å². The zero-order valence-electron chi connectivity index (χ0n) is 16.0. The third kappa shape index (κ3) is 4.98. The Bertz CT molecular complexity index is 1110. The van der Waals surface area contributed by atoms with Crippen LogP contribution in [0.3, 0.4) is 0 Å². The van der Waals surface area contributed by atoms with E-state index in [0.717, 1.165) is 17.0 Å². The number of nitrogens with zero attached hydrogens (tertiary/aromatic N) is 1. The van der Waals surface area contributed by atoms with Crippen LogP contribution >= 0.6 is 11.3 Å². The highest BCUT2D eigenvalue weighted by Crippen LogP contribution is 2.22. The van der Waals surface area contributed by atoms with Crippen LogP contribution in [0.4, 0.5) is 8.78 Å². The lowest BCUT2D eigenvalue weighted by Gasteiger charge is -2.22. The zero-order chi connectivity index (χ0) is 21.7. The van der Waals surface area contributed by atoms with Crippen molar-refractivity contribution < 1.29 is 23.1 Å². The molecule has 3 rings (SSSR count). The normalized spacial score (nSPS) is 10.6. The van der Waals surface area contributed by atoms with Gasteiger partial charge in [0.2, 0.25) is 0 Å². The quantitative estimate of drug-likeness (QED) is 0.579. The monoisotopic (exact) mass is 432 g/mol. The van der Waals surface area contributed by atoms with E-state index in [0.29, 0.717) is 11.3 Å². The molecule has 1 amide bonds. The molecule has 0 bridgehead atoms. The largest absolute Gasteiger partial charge is 0.469 e. The molecule has 0 aliphatic rings. The van der Waals surface area contributed by atoms with E-state index in [1.165, 1.54) is 35.5 Å². The lowest BCUT2D eigenvalue weighted by molar-refractivity contribution is -0.140. The van der Waals surface area contributed by atoms with Gasteiger partial charge in [0.15, 0.2) is 11.6 Å². The SMILES string of the molecule is COC(=O)CCN(Cc1ccc(F)c(F)c1)C(=O)c1ccc(-c2cccs2)[nH]c1=O. The Morgan fingerprint density at radius 2 is 1.93 bits per heavy atom. The molecular formula is C21H18F2N2O4S. The highest BCUT2D eigenvalue weighted by atomic mass is 32.1. The van der Waals surface area contributed by atoms with Crippen molar-refractivity contribution in [1.82, 2.24) is 9.88 Å². The minimum atomic E-state index is -1.05. The second kappa shape index (κ2) is 9.45. The summed E-state index contributed by atoms with van der Waals surface area (Å²) in [6, 6.07) is 9.97. The van der Waals surface area contributed by atoms with E-state index in [2.05, 4.69) is 9.72 Å². The second-order valence-corrected chi connectivity index (χ2v) is 7.34. The lowest BCUT2D eigenvalue weighted by Crippen LogP contribution is -2.36. The molecule has 1 aromatic carbocycles. The Morgan fingerprint density at radius 1 is 1.13 bits per heavy atom. The van der Waals surface area contributed by atoms with Crippen molar-refractivity contribution in [2.24, 2.45) is 0 Å². The fraction of sp³-hybridized carbons (Fsp3) is 0.190. The molecule has 0 saturated carbocycles. The third-order valence-electron chi connectivity index (χ3n) is 4.38. The minimum Gasteiger partial charge on any atom is -0.469 e. The number of esters is 1. The zero-order valence-corrected chi connectivity index (χ0v) is 16.8. The van der Waals surface area contributed by atoms with Crippen molar-refractivity contribution in [1.29, 1.82) is 0 Å². The molecule has 0 unspecified atom stereocenters. The summed E-state index contributed by atoms with van der Waals surface area (Å²) in [5.41, 5.74) is 0.189. The molecule has 30 heavy (non-hydrogen) atoms. The first kappa shape index (κ1) is 21.4. The highest BCUT2D eigenvalue weighted by molar-refractivity contribution is 7.13. The van der Waals surface area contributed by atoms with E-state index in [9.17, 15) is 23.2 Å². The van der Waals surface area contributed by atoms with Gasteiger partial charge in [-0.1, -0.05) is 12.1 Å². The van der Waals surface area contributed by atoms with E-state index in [1.54, 1.807) is 6.07 Å². The molecule has 0 aliphatic heterocycles. The number of carbonyl (C=O) groups excluding carboxylic acids is 2. The number of aromatic nitrogens is 1. The van der Waals surface area contributed by atoms with Crippen LogP contribution in [0.15, 0.2) is 52.6 Å². The van der Waals surface area contributed by atoms with Crippen LogP contribution in [-0.4, -0.2) is 35.4 Å². The minimum absolute atomic E-state index is 0.0589. The number of aromatic amines is 1. The van der Waals surface area contributed by atoms with Crippen LogP contribution < -0.4 is 5.56 Å². The number of methoxy groups -OCH3 is 1. The molecule has 3 aromatic rings. The van der Waals surface area contributed by atoms with E-state index in [1.807, 2.05) is 17.5 Å². The third-order valence-corrected chi connectivity index (χ3v) is 5.29. The van der Waals surface area contributed by atoms with Crippen LogP contribution in [0, 0.1) is 11.6 Å². The number of hydrogen-bond donors (Lipinski definition) is 1. The Labute approximate surface area is 174 Å². The molecule has 0 saturated heterocycles. The van der Waals surface area contributed by atoms with Crippen molar-refractivity contribution in [3.05, 3.63) is 81.0 Å². The molecule has 156 valence electrons. The molecule has 6 nitrogen and oxygen atoms in total. The predicted molar refractivity (Wildman–Crippen MR) is 108 cm³/mol. The van der Waals surface area contributed by atoms with Gasteiger partial charge < -0.3 is 14.6 Å². The van der Waals surface area contributed by atoms with Gasteiger partial charge in [-0.15, -0.1) is 11.3 Å². The fourth-order valence-corrected chi connectivity index (χ4v) is 3.53. The number of halogens is 2. The number of thiophene rings is 1. The topological polar surface area (TPSA) is 79.5 Å². The van der Waals surface area contributed by atoms with Gasteiger partial charge in [0.25, 0.3) is 11.5 Å². The number of benzene rings is 1. The number of nitrogens with one attached hydrogen (secondary N) is 1. The summed E-state index contributed by atoms with van der Waals surface area (Å²) < 4.78 is 31.4. The van der Waals surface area contributed by atoms with Crippen molar-refractivity contribution in [2.45, 2.75) is 13.0 Å². The maximum Gasteiger partial charge on any atom is 0.307 e. The predicted octanol–water partition coefficient (Wildman–Crippen LogP) is 3.59. The van der Waals surface area contributed by atoms with Gasteiger partial charge in [-0.2, -0.15) is 0 Å². The Hall–Kier alpha value is -3.33. The number of ether oxygens (including phenoxy) is 1. The molecule has 0 atom stereocenters. The summed E-state index contributed by atoms with van der Waals surface area (Å²) in [4.78, 5) is 41.8. The van der Waals surface area contributed by atoms with E-state index in [-0.39, 0.29) is 25.1 Å². The summed E-state index contributed by atoms with van der Waals surface area (Å²) >= 11 is 1.44. The number of pyridine rings is 1. The molecule has 0 aliphatic carbocycles.